The minimum absolute atomic E-state index is 0.0200. The molecule has 2 rings (SSSR count). The first-order valence-electron chi connectivity index (χ1n) is 8.40. The van der Waals surface area contributed by atoms with Gasteiger partial charge in [-0.25, -0.2) is 0 Å². The number of anilines is 2. The number of benzene rings is 2. The molecular weight excluding hydrogens is 300 g/mol. The fourth-order valence-corrected chi connectivity index (χ4v) is 2.65. The third-order valence-electron chi connectivity index (χ3n) is 3.91. The van der Waals surface area contributed by atoms with Gasteiger partial charge < -0.3 is 15.8 Å². The van der Waals surface area contributed by atoms with Crippen molar-refractivity contribution in [1.29, 1.82) is 0 Å². The second-order valence-corrected chi connectivity index (χ2v) is 5.97. The van der Waals surface area contributed by atoms with Gasteiger partial charge in [-0.1, -0.05) is 36.4 Å². The summed E-state index contributed by atoms with van der Waals surface area (Å²) in [5.41, 5.74) is 10.0. The largest absolute Gasteiger partial charge is 0.466 e. The molecule has 24 heavy (non-hydrogen) atoms. The van der Waals surface area contributed by atoms with E-state index >= 15 is 0 Å². The van der Waals surface area contributed by atoms with Gasteiger partial charge in [0.15, 0.2) is 0 Å². The Bertz CT molecular complexity index is 656. The molecule has 2 aromatic carbocycles. The smallest absolute Gasteiger partial charge is 0.307 e. The molecule has 0 radical (unpaired) electrons. The molecule has 0 fully saturated rings. The van der Waals surface area contributed by atoms with E-state index in [4.69, 9.17) is 10.5 Å². The van der Waals surface area contributed by atoms with E-state index in [-0.39, 0.29) is 12.0 Å². The first kappa shape index (κ1) is 17.9. The van der Waals surface area contributed by atoms with Crippen LogP contribution < -0.4 is 11.1 Å². The summed E-state index contributed by atoms with van der Waals surface area (Å²) in [7, 11) is 0. The number of nitrogens with two attached hydrogens (primary N) is 1. The van der Waals surface area contributed by atoms with Crippen molar-refractivity contribution in [3.63, 3.8) is 0 Å². The summed E-state index contributed by atoms with van der Waals surface area (Å²) in [6.07, 6.45) is 2.05. The molecular formula is C20H26N2O2. The normalized spacial score (nSPS) is 11.8. The summed E-state index contributed by atoms with van der Waals surface area (Å²) < 4.78 is 5.11. The molecule has 1 unspecified atom stereocenters. The highest BCUT2D eigenvalue weighted by Crippen LogP contribution is 2.22. The Morgan fingerprint density at radius 3 is 2.67 bits per heavy atom. The van der Waals surface area contributed by atoms with Crippen molar-refractivity contribution < 1.29 is 9.53 Å². The second-order valence-electron chi connectivity index (χ2n) is 5.97. The fourth-order valence-electron chi connectivity index (χ4n) is 2.65. The van der Waals surface area contributed by atoms with Gasteiger partial charge in [0.2, 0.25) is 0 Å². The van der Waals surface area contributed by atoms with E-state index in [1.165, 1.54) is 5.56 Å². The molecule has 0 heterocycles. The Morgan fingerprint density at radius 2 is 1.96 bits per heavy atom. The van der Waals surface area contributed by atoms with E-state index in [2.05, 4.69) is 17.4 Å². The van der Waals surface area contributed by atoms with Crippen molar-refractivity contribution in [2.75, 3.05) is 17.7 Å². The summed E-state index contributed by atoms with van der Waals surface area (Å²) >= 11 is 0. The zero-order valence-electron chi connectivity index (χ0n) is 14.4. The van der Waals surface area contributed by atoms with Crippen LogP contribution in [0.3, 0.4) is 0 Å². The zero-order chi connectivity index (χ0) is 17.4. The Morgan fingerprint density at radius 1 is 1.21 bits per heavy atom. The van der Waals surface area contributed by atoms with Gasteiger partial charge in [-0.15, -0.1) is 0 Å². The predicted octanol–water partition coefficient (Wildman–Crippen LogP) is 3.94. The van der Waals surface area contributed by atoms with Crippen molar-refractivity contribution in [2.45, 2.75) is 39.2 Å². The Hall–Kier alpha value is -2.49. The highest BCUT2D eigenvalue weighted by Gasteiger charge is 2.16. The van der Waals surface area contributed by atoms with Crippen LogP contribution in [0.5, 0.6) is 0 Å². The number of carbonyl (C=O) groups is 1. The number of esters is 1. The van der Waals surface area contributed by atoms with Crippen LogP contribution in [0, 0.1) is 6.92 Å². The molecule has 2 aromatic rings. The molecule has 4 nitrogen and oxygen atoms in total. The number of rotatable bonds is 8. The predicted molar refractivity (Wildman–Crippen MR) is 99.0 cm³/mol. The SMILES string of the molecule is CCOC(=O)CC(CCc1ccccc1)Nc1cc(C)ccc1N. The first-order valence-corrected chi connectivity index (χ1v) is 8.40. The highest BCUT2D eigenvalue weighted by atomic mass is 16.5. The molecule has 0 saturated carbocycles. The maximum atomic E-state index is 11.9. The van der Waals surface area contributed by atoms with E-state index in [1.54, 1.807) is 0 Å². The molecule has 0 aliphatic rings. The summed E-state index contributed by atoms with van der Waals surface area (Å²) in [6.45, 7) is 4.24. The van der Waals surface area contributed by atoms with E-state index in [0.29, 0.717) is 18.7 Å². The third kappa shape index (κ3) is 5.61. The molecule has 0 aliphatic carbocycles. The van der Waals surface area contributed by atoms with E-state index < -0.39 is 0 Å². The maximum absolute atomic E-state index is 11.9. The standard InChI is InChI=1S/C20H26N2O2/c1-3-24-20(23)14-17(11-10-16-7-5-4-6-8-16)22-19-13-15(2)9-12-18(19)21/h4-9,12-13,17,22H,3,10-11,14,21H2,1-2H3. The van der Waals surface area contributed by atoms with E-state index in [1.807, 2.05) is 50.2 Å². The molecule has 128 valence electrons. The summed E-state index contributed by atoms with van der Waals surface area (Å²) in [6, 6.07) is 16.1. The quantitative estimate of drug-likeness (QED) is 0.569. The lowest BCUT2D eigenvalue weighted by Crippen LogP contribution is -2.25. The molecule has 0 bridgehead atoms. The van der Waals surface area contributed by atoms with Crippen LogP contribution in [0.4, 0.5) is 11.4 Å². The van der Waals surface area contributed by atoms with Crippen molar-refractivity contribution >= 4 is 17.3 Å². The van der Waals surface area contributed by atoms with Gasteiger partial charge in [-0.2, -0.15) is 0 Å². The molecule has 0 aliphatic heterocycles. The Labute approximate surface area is 144 Å². The Balaban J connectivity index is 2.06. The number of ether oxygens (including phenoxy) is 1. The van der Waals surface area contributed by atoms with Crippen molar-refractivity contribution in [3.05, 3.63) is 59.7 Å². The lowest BCUT2D eigenvalue weighted by atomic mass is 10.0. The van der Waals surface area contributed by atoms with Crippen molar-refractivity contribution in [1.82, 2.24) is 0 Å². The minimum Gasteiger partial charge on any atom is -0.466 e. The van der Waals surface area contributed by atoms with Crippen LogP contribution in [-0.2, 0) is 16.0 Å². The van der Waals surface area contributed by atoms with E-state index in [0.717, 1.165) is 24.1 Å². The number of hydrogen-bond acceptors (Lipinski definition) is 4. The highest BCUT2D eigenvalue weighted by molar-refractivity contribution is 5.72. The number of hydrogen-bond donors (Lipinski definition) is 2. The molecule has 3 N–H and O–H groups in total. The lowest BCUT2D eigenvalue weighted by molar-refractivity contribution is -0.143. The van der Waals surface area contributed by atoms with Gasteiger partial charge in [0.05, 0.1) is 24.4 Å². The average Bonchev–Trinajstić information content (AvgIpc) is 2.57. The van der Waals surface area contributed by atoms with Gasteiger partial charge in [0, 0.05) is 6.04 Å². The van der Waals surface area contributed by atoms with Crippen LogP contribution >= 0.6 is 0 Å². The van der Waals surface area contributed by atoms with Gasteiger partial charge in [-0.05, 0) is 49.9 Å². The number of nitrogens with one attached hydrogen (secondary N) is 1. The fraction of sp³-hybridized carbons (Fsp3) is 0.350. The van der Waals surface area contributed by atoms with Crippen LogP contribution in [0.15, 0.2) is 48.5 Å². The van der Waals surface area contributed by atoms with Crippen LogP contribution in [0.1, 0.15) is 30.9 Å². The second kappa shape index (κ2) is 8.96. The zero-order valence-corrected chi connectivity index (χ0v) is 14.4. The van der Waals surface area contributed by atoms with Crippen molar-refractivity contribution in [2.24, 2.45) is 0 Å². The van der Waals surface area contributed by atoms with Crippen LogP contribution in [-0.4, -0.2) is 18.6 Å². The van der Waals surface area contributed by atoms with Crippen LogP contribution in [0.2, 0.25) is 0 Å². The summed E-state index contributed by atoms with van der Waals surface area (Å²) in [5.74, 6) is -0.186. The molecule has 1 atom stereocenters. The van der Waals surface area contributed by atoms with Crippen molar-refractivity contribution in [3.8, 4) is 0 Å². The summed E-state index contributed by atoms with van der Waals surface area (Å²) in [4.78, 5) is 11.9. The third-order valence-corrected chi connectivity index (χ3v) is 3.91. The number of aryl methyl sites for hydroxylation is 2. The summed E-state index contributed by atoms with van der Waals surface area (Å²) in [5, 5.41) is 3.42. The molecule has 0 amide bonds. The molecule has 4 heteroatoms. The molecule has 0 spiro atoms. The van der Waals surface area contributed by atoms with Crippen LogP contribution in [0.25, 0.3) is 0 Å². The first-order chi connectivity index (χ1) is 11.6. The molecule has 0 saturated heterocycles. The topological polar surface area (TPSA) is 64.3 Å². The lowest BCUT2D eigenvalue weighted by Gasteiger charge is -2.21. The number of nitrogen functional groups attached to an aromatic ring is 1. The Kier molecular flexibility index (Phi) is 6.67. The van der Waals surface area contributed by atoms with Gasteiger partial charge in [0.1, 0.15) is 0 Å². The number of carbonyl (C=O) groups excluding carboxylic acids is 1. The van der Waals surface area contributed by atoms with Gasteiger partial charge in [-0.3, -0.25) is 4.79 Å². The average molecular weight is 326 g/mol. The maximum Gasteiger partial charge on any atom is 0.307 e. The monoisotopic (exact) mass is 326 g/mol. The van der Waals surface area contributed by atoms with Gasteiger partial charge >= 0.3 is 5.97 Å². The van der Waals surface area contributed by atoms with E-state index in [9.17, 15) is 4.79 Å². The minimum atomic E-state index is -0.186. The van der Waals surface area contributed by atoms with Gasteiger partial charge in [0.25, 0.3) is 0 Å². The molecule has 0 aromatic heterocycles.